The van der Waals surface area contributed by atoms with E-state index in [2.05, 4.69) is 18.7 Å². The lowest BCUT2D eigenvalue weighted by Crippen LogP contribution is -2.42. The lowest BCUT2D eigenvalue weighted by Gasteiger charge is -2.33. The third kappa shape index (κ3) is 2.10. The standard InChI is InChI=1S/C11H22N2O/c1-8-5-13(6-11(8)12)10-4-3-9(2)14-7-10/h8-11H,3-7,12H2,1-2H3. The summed E-state index contributed by atoms with van der Waals surface area (Å²) in [4.78, 5) is 2.52. The van der Waals surface area contributed by atoms with Crippen LogP contribution in [-0.4, -0.2) is 42.8 Å². The van der Waals surface area contributed by atoms with Crippen LogP contribution in [-0.2, 0) is 4.74 Å². The fourth-order valence-electron chi connectivity index (χ4n) is 2.49. The fraction of sp³-hybridized carbons (Fsp3) is 1.00. The molecular weight excluding hydrogens is 176 g/mol. The summed E-state index contributed by atoms with van der Waals surface area (Å²) in [5.74, 6) is 0.648. The van der Waals surface area contributed by atoms with E-state index in [0.717, 1.165) is 19.7 Å². The zero-order valence-electron chi connectivity index (χ0n) is 9.28. The van der Waals surface area contributed by atoms with Gasteiger partial charge in [-0.25, -0.2) is 0 Å². The Bertz CT molecular complexity index is 180. The van der Waals surface area contributed by atoms with Crippen LogP contribution in [0.2, 0.25) is 0 Å². The van der Waals surface area contributed by atoms with E-state index in [1.54, 1.807) is 0 Å². The highest BCUT2D eigenvalue weighted by atomic mass is 16.5. The Hall–Kier alpha value is -0.120. The first kappa shape index (κ1) is 10.4. The zero-order chi connectivity index (χ0) is 10.1. The number of likely N-dealkylation sites (tertiary alicyclic amines) is 1. The monoisotopic (exact) mass is 198 g/mol. The molecule has 2 rings (SSSR count). The number of nitrogens with two attached hydrogens (primary N) is 1. The second-order valence-electron chi connectivity index (χ2n) is 4.97. The van der Waals surface area contributed by atoms with Gasteiger partial charge in [0.2, 0.25) is 0 Å². The molecule has 82 valence electrons. The number of rotatable bonds is 1. The minimum Gasteiger partial charge on any atom is -0.377 e. The molecule has 2 heterocycles. The molecule has 0 radical (unpaired) electrons. The predicted molar refractivity (Wildman–Crippen MR) is 57.1 cm³/mol. The van der Waals surface area contributed by atoms with E-state index in [1.165, 1.54) is 12.8 Å². The first-order valence-electron chi connectivity index (χ1n) is 5.78. The van der Waals surface area contributed by atoms with Crippen LogP contribution in [0.4, 0.5) is 0 Å². The van der Waals surface area contributed by atoms with Crippen LogP contribution in [0, 0.1) is 5.92 Å². The second-order valence-corrected chi connectivity index (χ2v) is 4.97. The smallest absolute Gasteiger partial charge is 0.0625 e. The molecule has 0 amide bonds. The van der Waals surface area contributed by atoms with Gasteiger partial charge in [-0.1, -0.05) is 6.92 Å². The Morgan fingerprint density at radius 1 is 1.21 bits per heavy atom. The van der Waals surface area contributed by atoms with E-state index in [0.29, 0.717) is 24.1 Å². The van der Waals surface area contributed by atoms with Gasteiger partial charge in [0.15, 0.2) is 0 Å². The van der Waals surface area contributed by atoms with E-state index in [-0.39, 0.29) is 0 Å². The average molecular weight is 198 g/mol. The van der Waals surface area contributed by atoms with Crippen LogP contribution in [0.1, 0.15) is 26.7 Å². The summed E-state index contributed by atoms with van der Waals surface area (Å²) in [5, 5.41) is 0. The van der Waals surface area contributed by atoms with Crippen LogP contribution in [0.3, 0.4) is 0 Å². The van der Waals surface area contributed by atoms with Crippen molar-refractivity contribution < 1.29 is 4.74 Å². The largest absolute Gasteiger partial charge is 0.377 e. The Kier molecular flexibility index (Phi) is 3.10. The summed E-state index contributed by atoms with van der Waals surface area (Å²) in [6, 6.07) is 0.997. The molecule has 2 aliphatic heterocycles. The van der Waals surface area contributed by atoms with E-state index in [4.69, 9.17) is 10.5 Å². The molecule has 0 saturated carbocycles. The molecule has 2 aliphatic rings. The zero-order valence-corrected chi connectivity index (χ0v) is 9.28. The van der Waals surface area contributed by atoms with Gasteiger partial charge in [0.25, 0.3) is 0 Å². The Labute approximate surface area is 86.6 Å². The average Bonchev–Trinajstić information content (AvgIpc) is 2.48. The normalized spacial score (nSPS) is 45.6. The first-order chi connectivity index (χ1) is 6.66. The maximum atomic E-state index is 6.02. The molecule has 0 aromatic carbocycles. The Morgan fingerprint density at radius 2 is 2.00 bits per heavy atom. The molecule has 2 saturated heterocycles. The Balaban J connectivity index is 1.85. The van der Waals surface area contributed by atoms with Gasteiger partial charge in [-0.2, -0.15) is 0 Å². The third-order valence-corrected chi connectivity index (χ3v) is 3.69. The molecule has 0 spiro atoms. The van der Waals surface area contributed by atoms with Crippen molar-refractivity contribution in [3.63, 3.8) is 0 Å². The molecule has 3 heteroatoms. The minimum absolute atomic E-state index is 0.370. The van der Waals surface area contributed by atoms with Crippen molar-refractivity contribution in [2.24, 2.45) is 11.7 Å². The molecule has 2 N–H and O–H groups in total. The highest BCUT2D eigenvalue weighted by Crippen LogP contribution is 2.23. The van der Waals surface area contributed by atoms with E-state index < -0.39 is 0 Å². The molecule has 4 unspecified atom stereocenters. The predicted octanol–water partition coefficient (Wildman–Crippen LogP) is 0.833. The van der Waals surface area contributed by atoms with Gasteiger partial charge in [0, 0.05) is 25.2 Å². The molecule has 0 bridgehead atoms. The highest BCUT2D eigenvalue weighted by Gasteiger charge is 2.33. The lowest BCUT2D eigenvalue weighted by atomic mass is 10.0. The van der Waals surface area contributed by atoms with Crippen LogP contribution in [0.15, 0.2) is 0 Å². The maximum Gasteiger partial charge on any atom is 0.0625 e. The van der Waals surface area contributed by atoms with Crippen molar-refractivity contribution in [2.45, 2.75) is 44.9 Å². The van der Waals surface area contributed by atoms with Crippen molar-refractivity contribution in [3.8, 4) is 0 Å². The maximum absolute atomic E-state index is 6.02. The SMILES string of the molecule is CC1CCC(N2CC(C)C(N)C2)CO1. The van der Waals surface area contributed by atoms with Crippen molar-refractivity contribution in [2.75, 3.05) is 19.7 Å². The van der Waals surface area contributed by atoms with Crippen LogP contribution >= 0.6 is 0 Å². The number of hydrogen-bond acceptors (Lipinski definition) is 3. The molecule has 3 nitrogen and oxygen atoms in total. The number of ether oxygens (including phenoxy) is 1. The molecule has 2 fully saturated rings. The van der Waals surface area contributed by atoms with Crippen molar-refractivity contribution in [1.29, 1.82) is 0 Å². The first-order valence-corrected chi connectivity index (χ1v) is 5.78. The molecule has 4 atom stereocenters. The summed E-state index contributed by atoms with van der Waals surface area (Å²) in [7, 11) is 0. The van der Waals surface area contributed by atoms with Crippen LogP contribution in [0.25, 0.3) is 0 Å². The summed E-state index contributed by atoms with van der Waals surface area (Å²) in [5.41, 5.74) is 6.02. The quantitative estimate of drug-likeness (QED) is 0.678. The van der Waals surface area contributed by atoms with Gasteiger partial charge in [0.05, 0.1) is 12.7 Å². The number of hydrogen-bond donors (Lipinski definition) is 1. The summed E-state index contributed by atoms with van der Waals surface area (Å²) < 4.78 is 5.69. The van der Waals surface area contributed by atoms with E-state index in [1.807, 2.05) is 0 Å². The van der Waals surface area contributed by atoms with Crippen LogP contribution in [0.5, 0.6) is 0 Å². The third-order valence-electron chi connectivity index (χ3n) is 3.69. The summed E-state index contributed by atoms with van der Waals surface area (Å²) >= 11 is 0. The second kappa shape index (κ2) is 4.17. The van der Waals surface area contributed by atoms with Crippen molar-refractivity contribution in [1.82, 2.24) is 4.90 Å². The molecular formula is C11H22N2O. The fourth-order valence-corrected chi connectivity index (χ4v) is 2.49. The molecule has 0 aromatic heterocycles. The highest BCUT2D eigenvalue weighted by molar-refractivity contribution is 4.89. The van der Waals surface area contributed by atoms with Gasteiger partial charge >= 0.3 is 0 Å². The van der Waals surface area contributed by atoms with Gasteiger partial charge in [-0.3, -0.25) is 4.90 Å². The molecule has 0 aromatic rings. The number of nitrogens with zero attached hydrogens (tertiary/aromatic N) is 1. The summed E-state index contributed by atoms with van der Waals surface area (Å²) in [6.07, 6.45) is 2.94. The van der Waals surface area contributed by atoms with Crippen LogP contribution < -0.4 is 5.73 Å². The Morgan fingerprint density at radius 3 is 2.50 bits per heavy atom. The summed E-state index contributed by atoms with van der Waals surface area (Å²) in [6.45, 7) is 7.53. The van der Waals surface area contributed by atoms with Gasteiger partial charge in [-0.15, -0.1) is 0 Å². The van der Waals surface area contributed by atoms with Gasteiger partial charge in [0.1, 0.15) is 0 Å². The minimum atomic E-state index is 0.370. The van der Waals surface area contributed by atoms with Gasteiger partial charge < -0.3 is 10.5 Å². The topological polar surface area (TPSA) is 38.5 Å². The van der Waals surface area contributed by atoms with Crippen molar-refractivity contribution >= 4 is 0 Å². The van der Waals surface area contributed by atoms with Crippen molar-refractivity contribution in [3.05, 3.63) is 0 Å². The molecule has 14 heavy (non-hydrogen) atoms. The molecule has 0 aliphatic carbocycles. The lowest BCUT2D eigenvalue weighted by molar-refractivity contribution is -0.0229. The van der Waals surface area contributed by atoms with E-state index in [9.17, 15) is 0 Å². The van der Waals surface area contributed by atoms with Gasteiger partial charge in [-0.05, 0) is 25.7 Å². The van der Waals surface area contributed by atoms with E-state index >= 15 is 0 Å².